The van der Waals surface area contributed by atoms with E-state index in [1.807, 2.05) is 0 Å². The zero-order valence-corrected chi connectivity index (χ0v) is 6.98. The lowest BCUT2D eigenvalue weighted by molar-refractivity contribution is -0.170. The number of carboxylic acids is 1. The van der Waals surface area contributed by atoms with E-state index in [1.54, 1.807) is 0 Å². The number of hydrogen-bond acceptors (Lipinski definition) is 4. The van der Waals surface area contributed by atoms with Crippen molar-refractivity contribution in [3.63, 3.8) is 0 Å². The van der Waals surface area contributed by atoms with Crippen LogP contribution in [0.5, 0.6) is 0 Å². The van der Waals surface area contributed by atoms with Gasteiger partial charge in [0.2, 0.25) is 5.91 Å². The largest absolute Gasteiger partial charge is 0.480 e. The van der Waals surface area contributed by atoms with Crippen molar-refractivity contribution in [2.75, 3.05) is 14.2 Å². The number of aliphatic carboxylic acids is 1. The summed E-state index contributed by atoms with van der Waals surface area (Å²) in [6.07, 6.45) is -0.264. The second-order valence-corrected chi connectivity index (χ2v) is 2.22. The van der Waals surface area contributed by atoms with E-state index in [0.717, 1.165) is 5.06 Å². The summed E-state index contributed by atoms with van der Waals surface area (Å²) in [7, 11) is 2.70. The van der Waals surface area contributed by atoms with Gasteiger partial charge in [0.05, 0.1) is 13.5 Å². The fourth-order valence-electron chi connectivity index (χ4n) is 0.506. The molecule has 6 heteroatoms. The van der Waals surface area contributed by atoms with Gasteiger partial charge >= 0.3 is 5.97 Å². The van der Waals surface area contributed by atoms with Gasteiger partial charge in [-0.1, -0.05) is 0 Å². The summed E-state index contributed by atoms with van der Waals surface area (Å²) in [6.45, 7) is 0. The third-order valence-corrected chi connectivity index (χ3v) is 1.34. The Kier molecular flexibility index (Phi) is 4.24. The summed E-state index contributed by atoms with van der Waals surface area (Å²) in [5.74, 6) is -1.67. The fraction of sp³-hybridized carbons (Fsp3) is 0.667. The van der Waals surface area contributed by atoms with E-state index in [9.17, 15) is 9.59 Å². The van der Waals surface area contributed by atoms with Crippen LogP contribution in [-0.2, 0) is 14.4 Å². The molecule has 0 saturated carbocycles. The number of hydrogen-bond donors (Lipinski definition) is 2. The predicted molar refractivity (Wildman–Crippen MR) is 40.0 cm³/mol. The molecule has 3 N–H and O–H groups in total. The van der Waals surface area contributed by atoms with Gasteiger partial charge in [0.1, 0.15) is 6.04 Å². The molecule has 12 heavy (non-hydrogen) atoms. The molecule has 0 unspecified atom stereocenters. The average molecular weight is 176 g/mol. The van der Waals surface area contributed by atoms with Crippen LogP contribution in [0.15, 0.2) is 0 Å². The van der Waals surface area contributed by atoms with Crippen molar-refractivity contribution in [1.29, 1.82) is 0 Å². The van der Waals surface area contributed by atoms with Crippen LogP contribution in [-0.4, -0.2) is 42.2 Å². The van der Waals surface area contributed by atoms with Gasteiger partial charge in [-0.15, -0.1) is 0 Å². The first-order chi connectivity index (χ1) is 5.49. The highest BCUT2D eigenvalue weighted by atomic mass is 16.7. The second kappa shape index (κ2) is 4.68. The van der Waals surface area contributed by atoms with Crippen LogP contribution in [0.1, 0.15) is 6.42 Å². The minimum atomic E-state index is -1.20. The quantitative estimate of drug-likeness (QED) is 0.525. The van der Waals surface area contributed by atoms with Crippen LogP contribution < -0.4 is 5.73 Å². The summed E-state index contributed by atoms with van der Waals surface area (Å²) in [5, 5.41) is 9.28. The van der Waals surface area contributed by atoms with Crippen molar-refractivity contribution < 1.29 is 19.5 Å². The minimum Gasteiger partial charge on any atom is -0.480 e. The minimum absolute atomic E-state index is 0.264. The van der Waals surface area contributed by atoms with E-state index in [2.05, 4.69) is 4.84 Å². The number of amides is 1. The average Bonchev–Trinajstić information content (AvgIpc) is 2.02. The van der Waals surface area contributed by atoms with Gasteiger partial charge in [-0.2, -0.15) is 0 Å². The third kappa shape index (κ3) is 3.31. The molecule has 70 valence electrons. The van der Waals surface area contributed by atoms with E-state index in [1.165, 1.54) is 14.2 Å². The molecule has 0 rings (SSSR count). The van der Waals surface area contributed by atoms with Crippen molar-refractivity contribution in [2.24, 2.45) is 5.73 Å². The first kappa shape index (κ1) is 10.9. The maximum absolute atomic E-state index is 10.9. The summed E-state index contributed by atoms with van der Waals surface area (Å²) < 4.78 is 0. The van der Waals surface area contributed by atoms with Crippen LogP contribution >= 0.6 is 0 Å². The number of carbonyl (C=O) groups is 2. The molecule has 0 aliphatic rings. The molecule has 0 aliphatic heterocycles. The Morgan fingerprint density at radius 1 is 1.67 bits per heavy atom. The molecule has 0 bridgehead atoms. The first-order valence-electron chi connectivity index (χ1n) is 3.28. The highest BCUT2D eigenvalue weighted by Crippen LogP contribution is 1.94. The van der Waals surface area contributed by atoms with Crippen molar-refractivity contribution in [3.05, 3.63) is 0 Å². The molecular formula is C6H12N2O4. The fourth-order valence-corrected chi connectivity index (χ4v) is 0.506. The number of nitrogens with zero attached hydrogens (tertiary/aromatic N) is 1. The van der Waals surface area contributed by atoms with Crippen LogP contribution in [0.4, 0.5) is 0 Å². The van der Waals surface area contributed by atoms with Gasteiger partial charge < -0.3 is 10.8 Å². The van der Waals surface area contributed by atoms with Crippen molar-refractivity contribution >= 4 is 11.9 Å². The molecule has 0 aromatic heterocycles. The molecule has 0 radical (unpaired) electrons. The molecule has 0 aromatic carbocycles. The van der Waals surface area contributed by atoms with Gasteiger partial charge in [0.25, 0.3) is 0 Å². The summed E-state index contributed by atoms with van der Waals surface area (Å²) in [6, 6.07) is -1.17. The molecular weight excluding hydrogens is 164 g/mol. The van der Waals surface area contributed by atoms with Gasteiger partial charge in [0.15, 0.2) is 0 Å². The van der Waals surface area contributed by atoms with Crippen molar-refractivity contribution in [1.82, 2.24) is 5.06 Å². The summed E-state index contributed by atoms with van der Waals surface area (Å²) >= 11 is 0. The standard InChI is InChI=1S/C6H12N2O4/c1-8(12-2)5(9)3-4(7)6(10)11/h4H,3,7H2,1-2H3,(H,10,11)/t4-/m0/s1. The molecule has 0 spiro atoms. The molecule has 1 atom stereocenters. The molecule has 0 aliphatic carbocycles. The van der Waals surface area contributed by atoms with E-state index >= 15 is 0 Å². The first-order valence-corrected chi connectivity index (χ1v) is 3.28. The zero-order chi connectivity index (χ0) is 9.72. The van der Waals surface area contributed by atoms with Crippen LogP contribution in [0.2, 0.25) is 0 Å². The Labute approximate surface area is 69.8 Å². The Morgan fingerprint density at radius 3 is 2.50 bits per heavy atom. The second-order valence-electron chi connectivity index (χ2n) is 2.22. The van der Waals surface area contributed by atoms with Crippen LogP contribution in [0.25, 0.3) is 0 Å². The lowest BCUT2D eigenvalue weighted by atomic mass is 10.2. The summed E-state index contributed by atoms with van der Waals surface area (Å²) in [5.41, 5.74) is 5.11. The lowest BCUT2D eigenvalue weighted by Crippen LogP contribution is -2.37. The lowest BCUT2D eigenvalue weighted by Gasteiger charge is -2.14. The number of rotatable bonds is 4. The molecule has 6 nitrogen and oxygen atoms in total. The molecule has 0 aromatic rings. The SMILES string of the molecule is CON(C)C(=O)C[C@H](N)C(=O)O. The molecule has 1 amide bonds. The predicted octanol–water partition coefficient (Wildman–Crippen LogP) is -1.19. The van der Waals surface area contributed by atoms with Crippen molar-refractivity contribution in [3.8, 4) is 0 Å². The smallest absolute Gasteiger partial charge is 0.321 e. The third-order valence-electron chi connectivity index (χ3n) is 1.34. The maximum atomic E-state index is 10.9. The number of nitrogens with two attached hydrogens (primary N) is 1. The van der Waals surface area contributed by atoms with Gasteiger partial charge in [-0.3, -0.25) is 14.4 Å². The number of carbonyl (C=O) groups excluding carboxylic acids is 1. The summed E-state index contributed by atoms with van der Waals surface area (Å²) in [4.78, 5) is 25.7. The van der Waals surface area contributed by atoms with Gasteiger partial charge in [-0.25, -0.2) is 5.06 Å². The van der Waals surface area contributed by atoms with E-state index in [0.29, 0.717) is 0 Å². The van der Waals surface area contributed by atoms with Crippen LogP contribution in [0, 0.1) is 0 Å². The van der Waals surface area contributed by atoms with E-state index in [4.69, 9.17) is 10.8 Å². The highest BCUT2D eigenvalue weighted by molar-refractivity contribution is 5.83. The highest BCUT2D eigenvalue weighted by Gasteiger charge is 2.18. The zero-order valence-electron chi connectivity index (χ0n) is 6.98. The van der Waals surface area contributed by atoms with Gasteiger partial charge in [-0.05, 0) is 0 Å². The number of carboxylic acid groups (broad SMARTS) is 1. The Bertz CT molecular complexity index is 182. The molecule has 0 saturated heterocycles. The van der Waals surface area contributed by atoms with Gasteiger partial charge in [0, 0.05) is 7.05 Å². The maximum Gasteiger partial charge on any atom is 0.321 e. The Hall–Kier alpha value is -1.14. The van der Waals surface area contributed by atoms with Crippen LogP contribution in [0.3, 0.4) is 0 Å². The van der Waals surface area contributed by atoms with Crippen molar-refractivity contribution in [2.45, 2.75) is 12.5 Å². The topological polar surface area (TPSA) is 92.9 Å². The molecule has 0 fully saturated rings. The Balaban J connectivity index is 3.92. The van der Waals surface area contributed by atoms with E-state index in [-0.39, 0.29) is 6.42 Å². The Morgan fingerprint density at radius 2 is 2.17 bits per heavy atom. The molecule has 0 heterocycles. The number of hydroxylamine groups is 2. The monoisotopic (exact) mass is 176 g/mol. The van der Waals surface area contributed by atoms with E-state index < -0.39 is 17.9 Å². The normalized spacial score (nSPS) is 12.2.